The van der Waals surface area contributed by atoms with Gasteiger partial charge in [0.2, 0.25) is 0 Å². The van der Waals surface area contributed by atoms with Gasteiger partial charge in [-0.2, -0.15) is 0 Å². The number of benzene rings is 2. The number of carbonyl (C=O) groups excluding carboxylic acids is 2. The SMILES string of the molecule is COc1cc(-c2cn(C)c(=O)c3cnc(N4CCC4)cc23)cc(OC)c1CN1CCC(CN2CCC3(CC2)CN(c2ccc(C=O)c(C(=O)OPC4CCCC4)c2)C3)CC1. The molecule has 6 heterocycles. The summed E-state index contributed by atoms with van der Waals surface area (Å²) in [4.78, 5) is 52.4. The van der Waals surface area contributed by atoms with Gasteiger partial charge in [0, 0.05) is 92.0 Å². The van der Waals surface area contributed by atoms with Crippen LogP contribution in [0, 0.1) is 11.3 Å². The number of aromatic nitrogens is 2. The average Bonchev–Trinajstić information content (AvgIpc) is 3.77. The third-order valence-electron chi connectivity index (χ3n) is 14.1. The van der Waals surface area contributed by atoms with E-state index in [1.54, 1.807) is 38.1 Å². The number of hydrogen-bond acceptors (Lipinski definition) is 11. The molecule has 5 fully saturated rings. The lowest BCUT2D eigenvalue weighted by atomic mass is 9.71. The fourth-order valence-corrected chi connectivity index (χ4v) is 11.3. The van der Waals surface area contributed by atoms with E-state index in [2.05, 4.69) is 42.8 Å². The van der Waals surface area contributed by atoms with E-state index in [9.17, 15) is 14.4 Å². The predicted molar refractivity (Wildman–Crippen MR) is 238 cm³/mol. The second-order valence-corrected chi connectivity index (χ2v) is 19.3. The zero-order chi connectivity index (χ0) is 41.4. The first-order valence-corrected chi connectivity index (χ1v) is 23.0. The fraction of sp³-hybridized carbons (Fsp3) is 0.532. The normalized spacial score (nSPS) is 20.2. The van der Waals surface area contributed by atoms with Crippen molar-refractivity contribution in [2.45, 2.75) is 70.0 Å². The number of anilines is 2. The van der Waals surface area contributed by atoms with Crippen LogP contribution in [0.5, 0.6) is 11.5 Å². The minimum absolute atomic E-state index is 0.0604. The van der Waals surface area contributed by atoms with Crippen molar-refractivity contribution >= 4 is 43.3 Å². The Morgan fingerprint density at radius 3 is 2.23 bits per heavy atom. The molecule has 0 N–H and O–H groups in total. The molecule has 1 aliphatic carbocycles. The van der Waals surface area contributed by atoms with E-state index in [0.717, 1.165) is 149 Å². The molecule has 9 rings (SSSR count). The first kappa shape index (κ1) is 40.9. The first-order valence-electron chi connectivity index (χ1n) is 22.0. The zero-order valence-electron chi connectivity index (χ0n) is 35.4. The van der Waals surface area contributed by atoms with Crippen LogP contribution in [0.2, 0.25) is 0 Å². The number of piperidine rings is 2. The molecular weight excluding hydrogens is 776 g/mol. The molecule has 1 spiro atoms. The number of pyridine rings is 2. The molecule has 4 aliphatic heterocycles. The summed E-state index contributed by atoms with van der Waals surface area (Å²) in [6.07, 6.45) is 14.9. The molecule has 4 aromatic rings. The van der Waals surface area contributed by atoms with Gasteiger partial charge in [-0.1, -0.05) is 12.8 Å². The zero-order valence-corrected chi connectivity index (χ0v) is 36.4. The summed E-state index contributed by atoms with van der Waals surface area (Å²) < 4.78 is 19.4. The van der Waals surface area contributed by atoms with Gasteiger partial charge in [0.05, 0.1) is 39.5 Å². The van der Waals surface area contributed by atoms with Crippen LogP contribution in [0.1, 0.15) is 84.1 Å². The van der Waals surface area contributed by atoms with E-state index in [1.807, 2.05) is 18.3 Å². The first-order chi connectivity index (χ1) is 29.2. The van der Waals surface area contributed by atoms with Crippen molar-refractivity contribution in [3.63, 3.8) is 0 Å². The molecule has 13 heteroatoms. The second kappa shape index (κ2) is 17.5. The fourth-order valence-electron chi connectivity index (χ4n) is 10.2. The number of nitrogens with zero attached hydrogens (tertiary/aromatic N) is 6. The molecule has 318 valence electrons. The van der Waals surface area contributed by atoms with Gasteiger partial charge in [0.1, 0.15) is 17.3 Å². The summed E-state index contributed by atoms with van der Waals surface area (Å²) in [5.74, 6) is 2.80. The van der Waals surface area contributed by atoms with E-state index >= 15 is 0 Å². The van der Waals surface area contributed by atoms with Crippen LogP contribution >= 0.6 is 8.81 Å². The van der Waals surface area contributed by atoms with Crippen LogP contribution in [0.15, 0.2) is 53.6 Å². The number of rotatable bonds is 13. The van der Waals surface area contributed by atoms with E-state index < -0.39 is 0 Å². The van der Waals surface area contributed by atoms with Gasteiger partial charge >= 0.3 is 5.97 Å². The highest BCUT2D eigenvalue weighted by Gasteiger charge is 2.45. The molecule has 60 heavy (non-hydrogen) atoms. The molecule has 1 saturated carbocycles. The quantitative estimate of drug-likeness (QED) is 0.101. The Bertz CT molecular complexity index is 2260. The maximum absolute atomic E-state index is 13.1. The van der Waals surface area contributed by atoms with Crippen molar-refractivity contribution in [3.05, 3.63) is 75.8 Å². The van der Waals surface area contributed by atoms with Crippen molar-refractivity contribution in [2.75, 3.05) is 82.9 Å². The molecular formula is C47H59N6O6P. The topological polar surface area (TPSA) is 110 Å². The predicted octanol–water partition coefficient (Wildman–Crippen LogP) is 7.15. The van der Waals surface area contributed by atoms with Crippen LogP contribution in [0.25, 0.3) is 21.9 Å². The number of carbonyl (C=O) groups is 2. The van der Waals surface area contributed by atoms with E-state index in [-0.39, 0.29) is 20.3 Å². The van der Waals surface area contributed by atoms with Gasteiger partial charge in [-0.25, -0.2) is 9.78 Å². The molecule has 0 radical (unpaired) electrons. The molecule has 12 nitrogen and oxygen atoms in total. The highest BCUT2D eigenvalue weighted by atomic mass is 31.1. The van der Waals surface area contributed by atoms with Crippen LogP contribution in [0.4, 0.5) is 11.5 Å². The van der Waals surface area contributed by atoms with Crippen molar-refractivity contribution in [2.24, 2.45) is 18.4 Å². The number of methoxy groups -OCH3 is 2. The molecule has 5 aliphatic rings. The molecule has 0 amide bonds. The molecule has 2 aromatic carbocycles. The van der Waals surface area contributed by atoms with Gasteiger partial charge in [-0.15, -0.1) is 0 Å². The lowest BCUT2D eigenvalue weighted by Crippen LogP contribution is -2.60. The van der Waals surface area contributed by atoms with E-state index in [0.29, 0.717) is 33.5 Å². The van der Waals surface area contributed by atoms with Gasteiger partial charge in [0.15, 0.2) is 6.29 Å². The van der Waals surface area contributed by atoms with E-state index in [4.69, 9.17) is 14.0 Å². The van der Waals surface area contributed by atoms with Crippen LogP contribution in [0.3, 0.4) is 0 Å². The minimum atomic E-state index is -0.366. The molecule has 1 unspecified atom stereocenters. The van der Waals surface area contributed by atoms with Gasteiger partial charge < -0.3 is 33.3 Å². The molecule has 2 aromatic heterocycles. The Morgan fingerprint density at radius 1 is 0.867 bits per heavy atom. The van der Waals surface area contributed by atoms with Crippen molar-refractivity contribution in [1.82, 2.24) is 19.4 Å². The summed E-state index contributed by atoms with van der Waals surface area (Å²) in [5, 5.41) is 1.49. The van der Waals surface area contributed by atoms with Gasteiger partial charge in [0.25, 0.3) is 5.56 Å². The third-order valence-corrected chi connectivity index (χ3v) is 15.4. The smallest absolute Gasteiger partial charge is 0.341 e. The Morgan fingerprint density at radius 2 is 1.58 bits per heavy atom. The Kier molecular flexibility index (Phi) is 11.9. The summed E-state index contributed by atoms with van der Waals surface area (Å²) in [7, 11) is 5.41. The van der Waals surface area contributed by atoms with Crippen molar-refractivity contribution < 1.29 is 23.6 Å². The van der Waals surface area contributed by atoms with Gasteiger partial charge in [-0.3, -0.25) is 14.5 Å². The van der Waals surface area contributed by atoms with Crippen LogP contribution < -0.4 is 24.8 Å². The number of likely N-dealkylation sites (tertiary alicyclic amines) is 2. The minimum Gasteiger partial charge on any atom is -0.496 e. The van der Waals surface area contributed by atoms with Crippen molar-refractivity contribution in [1.29, 1.82) is 0 Å². The Labute approximate surface area is 355 Å². The number of aryl methyl sites for hydroxylation is 1. The number of ether oxygens (including phenoxy) is 2. The van der Waals surface area contributed by atoms with Crippen LogP contribution in [-0.2, 0) is 18.1 Å². The monoisotopic (exact) mass is 834 g/mol. The standard InChI is InChI=1S/C47H59N6O6P/c1-49-27-40(38-24-44(52-15-6-16-52)48-25-39(38)45(49)55)34-21-42(57-2)41(43(22-34)58-3)28-50-17-11-32(12-18-50)26-51-19-13-47(14-20-51)30-53(31-47)35-10-9-33(29-54)37(23-35)46(56)59-60-36-7-4-5-8-36/h9-10,21-25,27,29,32,36,60H,4-8,11-20,26,28,30-31H2,1-3H3. The van der Waals surface area contributed by atoms with Gasteiger partial charge in [-0.05, 0) is 119 Å². The summed E-state index contributed by atoms with van der Waals surface area (Å²) in [5.41, 5.74) is 5.48. The van der Waals surface area contributed by atoms with E-state index in [1.165, 1.54) is 25.7 Å². The lowest BCUT2D eigenvalue weighted by molar-refractivity contribution is 0.0566. The summed E-state index contributed by atoms with van der Waals surface area (Å²) >= 11 is 0. The Hall–Kier alpha value is -4.51. The highest BCUT2D eigenvalue weighted by Crippen LogP contribution is 2.44. The largest absolute Gasteiger partial charge is 0.496 e. The Balaban J connectivity index is 0.782. The number of aldehydes is 1. The molecule has 1 atom stereocenters. The lowest BCUT2D eigenvalue weighted by Gasteiger charge is -2.55. The number of hydrogen-bond donors (Lipinski definition) is 0. The second-order valence-electron chi connectivity index (χ2n) is 18.0. The highest BCUT2D eigenvalue weighted by molar-refractivity contribution is 7.34. The summed E-state index contributed by atoms with van der Waals surface area (Å²) in [6.45, 7) is 10.2. The number of fused-ring (bicyclic) bond motifs is 1. The summed E-state index contributed by atoms with van der Waals surface area (Å²) in [6, 6.07) is 11.9. The molecule has 4 saturated heterocycles. The third kappa shape index (κ3) is 8.27. The molecule has 0 bridgehead atoms. The van der Waals surface area contributed by atoms with Crippen molar-refractivity contribution in [3.8, 4) is 22.6 Å². The maximum atomic E-state index is 13.1. The maximum Gasteiger partial charge on any atom is 0.341 e. The average molecular weight is 835 g/mol. The van der Waals surface area contributed by atoms with Crippen LogP contribution in [-0.4, -0.2) is 110 Å².